The molecule has 1 heterocycles. The fourth-order valence-corrected chi connectivity index (χ4v) is 1.08. The summed E-state index contributed by atoms with van der Waals surface area (Å²) in [6.45, 7) is 1.73. The Hall–Kier alpha value is -1.49. The number of esters is 1. The van der Waals surface area contributed by atoms with Gasteiger partial charge in [0.15, 0.2) is 0 Å². The zero-order valence-corrected chi connectivity index (χ0v) is 8.10. The maximum Gasteiger partial charge on any atom is 0.308 e. The molecule has 1 rings (SSSR count). The number of aliphatic hydroxyl groups excluding tert-OH is 1. The summed E-state index contributed by atoms with van der Waals surface area (Å²) in [6.07, 6.45) is 1.96. The van der Waals surface area contributed by atoms with Crippen LogP contribution in [0.4, 0.5) is 0 Å². The van der Waals surface area contributed by atoms with Gasteiger partial charge in [-0.05, 0) is 6.92 Å². The molecule has 0 aliphatic carbocycles. The Balaban J connectivity index is 2.74. The predicted octanol–water partition coefficient (Wildman–Crippen LogP) is 0.382. The van der Waals surface area contributed by atoms with E-state index in [0.29, 0.717) is 11.4 Å². The highest BCUT2D eigenvalue weighted by Crippen LogP contribution is 2.16. The molecule has 14 heavy (non-hydrogen) atoms. The second-order valence-electron chi connectivity index (χ2n) is 2.82. The van der Waals surface area contributed by atoms with Crippen LogP contribution in [0.5, 0.6) is 0 Å². The quantitative estimate of drug-likeness (QED) is 0.707. The second kappa shape index (κ2) is 4.66. The molecule has 0 saturated heterocycles. The van der Waals surface area contributed by atoms with Gasteiger partial charge in [-0.25, -0.2) is 0 Å². The Labute approximate surface area is 81.8 Å². The molecule has 1 unspecified atom stereocenters. The first-order chi connectivity index (χ1) is 6.65. The van der Waals surface area contributed by atoms with Gasteiger partial charge in [-0.3, -0.25) is 14.8 Å². The summed E-state index contributed by atoms with van der Waals surface area (Å²) in [7, 11) is 1.28. The van der Waals surface area contributed by atoms with Gasteiger partial charge in [0.25, 0.3) is 0 Å². The van der Waals surface area contributed by atoms with Crippen molar-refractivity contribution in [1.29, 1.82) is 0 Å². The molecule has 1 aromatic heterocycles. The van der Waals surface area contributed by atoms with Crippen molar-refractivity contribution in [3.05, 3.63) is 23.8 Å². The molecule has 0 saturated carbocycles. The molecule has 1 atom stereocenters. The molecule has 1 aromatic rings. The van der Waals surface area contributed by atoms with Crippen LogP contribution in [-0.4, -0.2) is 28.2 Å². The molecule has 0 aliphatic heterocycles. The van der Waals surface area contributed by atoms with Crippen LogP contribution in [0.15, 0.2) is 12.4 Å². The lowest BCUT2D eigenvalue weighted by Crippen LogP contribution is -2.11. The maximum absolute atomic E-state index is 10.9. The third-order valence-corrected chi connectivity index (χ3v) is 1.82. The third kappa shape index (κ3) is 2.50. The number of methoxy groups -OCH3 is 1. The van der Waals surface area contributed by atoms with Gasteiger partial charge in [0.05, 0.1) is 24.9 Å². The standard InChI is InChI=1S/C9H12N2O3/c1-6-9(11-4-3-10-6)7(12)5-8(13)14-2/h3-4,7,12H,5H2,1-2H3. The van der Waals surface area contributed by atoms with E-state index in [1.54, 1.807) is 6.92 Å². The molecule has 0 bridgehead atoms. The molecular weight excluding hydrogens is 184 g/mol. The second-order valence-corrected chi connectivity index (χ2v) is 2.82. The maximum atomic E-state index is 10.9. The van der Waals surface area contributed by atoms with Crippen LogP contribution in [0.25, 0.3) is 0 Å². The van der Waals surface area contributed by atoms with E-state index in [-0.39, 0.29) is 6.42 Å². The van der Waals surface area contributed by atoms with E-state index in [4.69, 9.17) is 0 Å². The summed E-state index contributed by atoms with van der Waals surface area (Å²) in [6, 6.07) is 0. The fourth-order valence-electron chi connectivity index (χ4n) is 1.08. The van der Waals surface area contributed by atoms with E-state index in [9.17, 15) is 9.90 Å². The average molecular weight is 196 g/mol. The lowest BCUT2D eigenvalue weighted by atomic mass is 10.1. The zero-order valence-electron chi connectivity index (χ0n) is 8.10. The van der Waals surface area contributed by atoms with Crippen molar-refractivity contribution < 1.29 is 14.6 Å². The van der Waals surface area contributed by atoms with Gasteiger partial charge in [0.1, 0.15) is 6.10 Å². The van der Waals surface area contributed by atoms with Crippen LogP contribution in [0, 0.1) is 6.92 Å². The first-order valence-corrected chi connectivity index (χ1v) is 4.17. The third-order valence-electron chi connectivity index (χ3n) is 1.82. The van der Waals surface area contributed by atoms with Crippen molar-refractivity contribution in [2.75, 3.05) is 7.11 Å². The summed E-state index contributed by atoms with van der Waals surface area (Å²) in [5.41, 5.74) is 1.03. The van der Waals surface area contributed by atoms with Crippen LogP contribution in [0.1, 0.15) is 23.9 Å². The number of aliphatic hydroxyl groups is 1. The minimum absolute atomic E-state index is 0.101. The van der Waals surface area contributed by atoms with Crippen molar-refractivity contribution in [1.82, 2.24) is 9.97 Å². The molecule has 0 spiro atoms. The molecule has 0 aromatic carbocycles. The van der Waals surface area contributed by atoms with Crippen LogP contribution in [-0.2, 0) is 9.53 Å². The van der Waals surface area contributed by atoms with E-state index in [1.165, 1.54) is 19.5 Å². The topological polar surface area (TPSA) is 72.3 Å². The van der Waals surface area contributed by atoms with Crippen LogP contribution < -0.4 is 0 Å². The van der Waals surface area contributed by atoms with E-state index < -0.39 is 12.1 Å². The minimum atomic E-state index is -0.948. The van der Waals surface area contributed by atoms with Crippen molar-refractivity contribution in [2.24, 2.45) is 0 Å². The molecule has 1 N–H and O–H groups in total. The van der Waals surface area contributed by atoms with E-state index in [0.717, 1.165) is 0 Å². The number of hydrogen-bond donors (Lipinski definition) is 1. The van der Waals surface area contributed by atoms with Gasteiger partial charge < -0.3 is 9.84 Å². The number of rotatable bonds is 3. The summed E-state index contributed by atoms with van der Waals surface area (Å²) in [5, 5.41) is 9.60. The Morgan fingerprint density at radius 1 is 1.57 bits per heavy atom. The summed E-state index contributed by atoms with van der Waals surface area (Å²) < 4.78 is 4.44. The predicted molar refractivity (Wildman–Crippen MR) is 48.4 cm³/mol. The number of aromatic nitrogens is 2. The number of hydrogen-bond acceptors (Lipinski definition) is 5. The van der Waals surface area contributed by atoms with Gasteiger partial charge in [-0.1, -0.05) is 0 Å². The Bertz CT molecular complexity index is 328. The molecule has 0 aliphatic rings. The number of carbonyl (C=O) groups is 1. The summed E-state index contributed by atoms with van der Waals surface area (Å²) in [4.78, 5) is 18.8. The van der Waals surface area contributed by atoms with Gasteiger partial charge in [0.2, 0.25) is 0 Å². The zero-order chi connectivity index (χ0) is 10.6. The Morgan fingerprint density at radius 3 is 2.79 bits per heavy atom. The SMILES string of the molecule is COC(=O)CC(O)c1nccnc1C. The number of aryl methyl sites for hydroxylation is 1. The van der Waals surface area contributed by atoms with Gasteiger partial charge in [0, 0.05) is 12.4 Å². The minimum Gasteiger partial charge on any atom is -0.469 e. The molecule has 0 radical (unpaired) electrons. The van der Waals surface area contributed by atoms with Crippen molar-refractivity contribution in [3.63, 3.8) is 0 Å². The van der Waals surface area contributed by atoms with E-state index in [1.807, 2.05) is 0 Å². The van der Waals surface area contributed by atoms with E-state index >= 15 is 0 Å². The largest absolute Gasteiger partial charge is 0.469 e. The van der Waals surface area contributed by atoms with Crippen molar-refractivity contribution in [3.8, 4) is 0 Å². The van der Waals surface area contributed by atoms with Gasteiger partial charge in [-0.2, -0.15) is 0 Å². The molecule has 76 valence electrons. The number of ether oxygens (including phenoxy) is 1. The molecular formula is C9H12N2O3. The first-order valence-electron chi connectivity index (χ1n) is 4.17. The highest BCUT2D eigenvalue weighted by molar-refractivity contribution is 5.69. The van der Waals surface area contributed by atoms with Crippen molar-refractivity contribution >= 4 is 5.97 Å². The average Bonchev–Trinajstić information content (AvgIpc) is 2.18. The van der Waals surface area contributed by atoms with Gasteiger partial charge >= 0.3 is 5.97 Å². The normalized spacial score (nSPS) is 12.2. The number of carbonyl (C=O) groups excluding carboxylic acids is 1. The lowest BCUT2D eigenvalue weighted by Gasteiger charge is -2.09. The summed E-state index contributed by atoms with van der Waals surface area (Å²) in [5.74, 6) is -0.470. The highest BCUT2D eigenvalue weighted by Gasteiger charge is 2.16. The Morgan fingerprint density at radius 2 is 2.21 bits per heavy atom. The molecule has 5 heteroatoms. The highest BCUT2D eigenvalue weighted by atomic mass is 16.5. The smallest absolute Gasteiger partial charge is 0.308 e. The van der Waals surface area contributed by atoms with E-state index in [2.05, 4.69) is 14.7 Å². The fraction of sp³-hybridized carbons (Fsp3) is 0.444. The summed E-state index contributed by atoms with van der Waals surface area (Å²) >= 11 is 0. The van der Waals surface area contributed by atoms with Crippen LogP contribution >= 0.6 is 0 Å². The first kappa shape index (κ1) is 10.6. The number of nitrogens with zero attached hydrogens (tertiary/aromatic N) is 2. The molecule has 5 nitrogen and oxygen atoms in total. The van der Waals surface area contributed by atoms with Crippen LogP contribution in [0.2, 0.25) is 0 Å². The van der Waals surface area contributed by atoms with Crippen molar-refractivity contribution in [2.45, 2.75) is 19.4 Å². The lowest BCUT2D eigenvalue weighted by molar-refractivity contribution is -0.142. The van der Waals surface area contributed by atoms with Gasteiger partial charge in [-0.15, -0.1) is 0 Å². The Kier molecular flexibility index (Phi) is 3.53. The monoisotopic (exact) mass is 196 g/mol. The van der Waals surface area contributed by atoms with Crippen LogP contribution in [0.3, 0.4) is 0 Å². The molecule has 0 amide bonds. The molecule has 0 fully saturated rings.